The maximum absolute atomic E-state index is 12.7. The van der Waals surface area contributed by atoms with E-state index in [-0.39, 0.29) is 23.0 Å². The van der Waals surface area contributed by atoms with E-state index in [2.05, 4.69) is 0 Å². The Morgan fingerprint density at radius 2 is 1.88 bits per heavy atom. The van der Waals surface area contributed by atoms with Gasteiger partial charge in [0.2, 0.25) is 0 Å². The first-order valence-electron chi connectivity index (χ1n) is 4.07. The van der Waals surface area contributed by atoms with Gasteiger partial charge in [0, 0.05) is 6.04 Å². The zero-order valence-corrected chi connectivity index (χ0v) is 9.46. The summed E-state index contributed by atoms with van der Waals surface area (Å²) < 4.78 is 48.7. The monoisotopic (exact) mass is 277 g/mol. The molecule has 1 aromatic carbocycles. The predicted molar refractivity (Wildman–Crippen MR) is 56.3 cm³/mol. The highest BCUT2D eigenvalue weighted by atomic mass is 35.5. The van der Waals surface area contributed by atoms with Crippen LogP contribution < -0.4 is 5.73 Å². The topological polar surface area (TPSA) is 26.0 Å². The molecule has 1 aromatic rings. The summed E-state index contributed by atoms with van der Waals surface area (Å²) in [5, 5.41) is -0.231. The molecule has 1 nitrogen and oxygen atoms in total. The molecule has 0 saturated carbocycles. The minimum atomic E-state index is -4.35. The Morgan fingerprint density at radius 1 is 1.31 bits per heavy atom. The summed E-state index contributed by atoms with van der Waals surface area (Å²) in [4.78, 5) is 0. The summed E-state index contributed by atoms with van der Waals surface area (Å²) >= 11 is 5.42. The lowest BCUT2D eigenvalue weighted by Crippen LogP contribution is -2.20. The zero-order valence-electron chi connectivity index (χ0n) is 7.89. The molecule has 92 valence electrons. The minimum absolute atomic E-state index is 0. The van der Waals surface area contributed by atoms with Crippen LogP contribution in [-0.2, 0) is 0 Å². The van der Waals surface area contributed by atoms with Crippen LogP contribution in [-0.4, -0.2) is 6.18 Å². The number of hydrogen-bond acceptors (Lipinski definition) is 1. The highest BCUT2D eigenvalue weighted by Gasteiger charge is 2.31. The lowest BCUT2D eigenvalue weighted by molar-refractivity contribution is -0.138. The van der Waals surface area contributed by atoms with Crippen LogP contribution in [0.1, 0.15) is 18.0 Å². The molecule has 1 atom stereocenters. The maximum Gasteiger partial charge on any atom is 0.390 e. The Morgan fingerprint density at radius 3 is 2.31 bits per heavy atom. The van der Waals surface area contributed by atoms with Crippen LogP contribution in [0.4, 0.5) is 17.6 Å². The first-order chi connectivity index (χ1) is 6.79. The van der Waals surface area contributed by atoms with Crippen LogP contribution in [0, 0.1) is 5.82 Å². The normalized spacial score (nSPS) is 13.1. The molecule has 0 amide bonds. The van der Waals surface area contributed by atoms with E-state index < -0.39 is 24.5 Å². The molecule has 7 heteroatoms. The Hall–Kier alpha value is -0.520. The van der Waals surface area contributed by atoms with Crippen molar-refractivity contribution in [2.75, 3.05) is 0 Å². The largest absolute Gasteiger partial charge is 0.390 e. The summed E-state index contributed by atoms with van der Waals surface area (Å²) in [6.45, 7) is 0. The molecule has 0 unspecified atom stereocenters. The SMILES string of the molecule is Cl.N[C@@H](CC(F)(F)F)c1ccc(F)c(Cl)c1. The van der Waals surface area contributed by atoms with Crippen LogP contribution in [0.2, 0.25) is 5.02 Å². The van der Waals surface area contributed by atoms with Crippen molar-refractivity contribution in [2.45, 2.75) is 18.6 Å². The third-order valence-corrected chi connectivity index (χ3v) is 2.11. The molecule has 0 aliphatic heterocycles. The Bertz CT molecular complexity index is 354. The van der Waals surface area contributed by atoms with Crippen molar-refractivity contribution in [3.63, 3.8) is 0 Å². The van der Waals surface area contributed by atoms with Gasteiger partial charge in [-0.1, -0.05) is 17.7 Å². The Balaban J connectivity index is 0.00000225. The Labute approximate surface area is 101 Å². The maximum atomic E-state index is 12.7. The molecule has 1 rings (SSSR count). The van der Waals surface area contributed by atoms with E-state index >= 15 is 0 Å². The van der Waals surface area contributed by atoms with E-state index in [1.165, 1.54) is 6.07 Å². The van der Waals surface area contributed by atoms with E-state index in [0.717, 1.165) is 12.1 Å². The minimum Gasteiger partial charge on any atom is -0.324 e. The summed E-state index contributed by atoms with van der Waals surface area (Å²) in [6.07, 6.45) is -5.50. The fourth-order valence-corrected chi connectivity index (χ4v) is 1.30. The lowest BCUT2D eigenvalue weighted by Gasteiger charge is -2.14. The summed E-state index contributed by atoms with van der Waals surface area (Å²) in [6, 6.07) is 2.07. The van der Waals surface area contributed by atoms with E-state index in [1.807, 2.05) is 0 Å². The third-order valence-electron chi connectivity index (χ3n) is 1.82. The van der Waals surface area contributed by atoms with Gasteiger partial charge in [-0.25, -0.2) is 4.39 Å². The standard InChI is InChI=1S/C9H8ClF4N.ClH/c10-6-3-5(1-2-7(6)11)8(15)4-9(12,13)14;/h1-3,8H,4,15H2;1H/t8-;/m0./s1. The first-order valence-corrected chi connectivity index (χ1v) is 4.44. The molecule has 0 aliphatic rings. The van der Waals surface area contributed by atoms with Crippen LogP contribution in [0.25, 0.3) is 0 Å². The molecule has 0 aliphatic carbocycles. The van der Waals surface area contributed by atoms with Gasteiger partial charge in [0.1, 0.15) is 5.82 Å². The van der Waals surface area contributed by atoms with E-state index in [9.17, 15) is 17.6 Å². The molecule has 0 spiro atoms. The second-order valence-corrected chi connectivity index (χ2v) is 3.51. The smallest absolute Gasteiger partial charge is 0.324 e. The molecule has 16 heavy (non-hydrogen) atoms. The molecule has 0 aromatic heterocycles. The van der Waals surface area contributed by atoms with Crippen LogP contribution in [0.5, 0.6) is 0 Å². The van der Waals surface area contributed by atoms with Crippen molar-refractivity contribution in [3.8, 4) is 0 Å². The fourth-order valence-electron chi connectivity index (χ4n) is 1.11. The van der Waals surface area contributed by atoms with E-state index in [4.69, 9.17) is 17.3 Å². The van der Waals surface area contributed by atoms with Gasteiger partial charge in [-0.05, 0) is 17.7 Å². The Kier molecular flexibility index (Phi) is 5.52. The number of hydrogen-bond donors (Lipinski definition) is 1. The second-order valence-electron chi connectivity index (χ2n) is 3.10. The third kappa shape index (κ3) is 4.55. The van der Waals surface area contributed by atoms with Gasteiger partial charge < -0.3 is 5.73 Å². The van der Waals surface area contributed by atoms with Crippen molar-refractivity contribution in [3.05, 3.63) is 34.6 Å². The van der Waals surface area contributed by atoms with Crippen LogP contribution in [0.3, 0.4) is 0 Å². The van der Waals surface area contributed by atoms with Crippen molar-refractivity contribution >= 4 is 24.0 Å². The molecular weight excluding hydrogens is 269 g/mol. The molecular formula is C9H9Cl2F4N. The molecule has 0 fully saturated rings. The van der Waals surface area contributed by atoms with Crippen LogP contribution in [0.15, 0.2) is 18.2 Å². The van der Waals surface area contributed by atoms with Gasteiger partial charge in [-0.3, -0.25) is 0 Å². The highest BCUT2D eigenvalue weighted by molar-refractivity contribution is 6.30. The lowest BCUT2D eigenvalue weighted by atomic mass is 10.0. The molecule has 0 radical (unpaired) electrons. The van der Waals surface area contributed by atoms with Gasteiger partial charge in [-0.2, -0.15) is 13.2 Å². The van der Waals surface area contributed by atoms with Gasteiger partial charge in [-0.15, -0.1) is 12.4 Å². The average molecular weight is 278 g/mol. The number of alkyl halides is 3. The number of benzene rings is 1. The summed E-state index contributed by atoms with van der Waals surface area (Å²) in [7, 11) is 0. The molecule has 0 heterocycles. The number of rotatable bonds is 2. The van der Waals surface area contributed by atoms with Crippen molar-refractivity contribution in [1.82, 2.24) is 0 Å². The molecule has 0 saturated heterocycles. The van der Waals surface area contributed by atoms with Crippen LogP contribution >= 0.6 is 24.0 Å². The fraction of sp³-hybridized carbons (Fsp3) is 0.333. The summed E-state index contributed by atoms with van der Waals surface area (Å²) in [5.41, 5.74) is 5.46. The van der Waals surface area contributed by atoms with Gasteiger partial charge in [0.25, 0.3) is 0 Å². The number of nitrogens with two attached hydrogens (primary N) is 1. The van der Waals surface area contributed by atoms with Gasteiger partial charge in [0.15, 0.2) is 0 Å². The predicted octanol–water partition coefficient (Wildman–Crippen LogP) is 3.85. The first kappa shape index (κ1) is 15.5. The van der Waals surface area contributed by atoms with E-state index in [1.54, 1.807) is 0 Å². The zero-order chi connectivity index (χ0) is 11.6. The average Bonchev–Trinajstić information content (AvgIpc) is 2.06. The second kappa shape index (κ2) is 5.70. The van der Waals surface area contributed by atoms with Crippen molar-refractivity contribution in [1.29, 1.82) is 0 Å². The molecule has 0 bridgehead atoms. The van der Waals surface area contributed by atoms with Gasteiger partial charge in [0.05, 0.1) is 11.4 Å². The van der Waals surface area contributed by atoms with Gasteiger partial charge >= 0.3 is 6.18 Å². The highest BCUT2D eigenvalue weighted by Crippen LogP contribution is 2.29. The van der Waals surface area contributed by atoms with Crippen molar-refractivity contribution in [2.24, 2.45) is 5.73 Å². The van der Waals surface area contributed by atoms with E-state index in [0.29, 0.717) is 0 Å². The summed E-state index contributed by atoms with van der Waals surface area (Å²) in [5.74, 6) is -0.681. The quantitative estimate of drug-likeness (QED) is 0.817. The number of halogens is 6. The molecule has 2 N–H and O–H groups in total. The van der Waals surface area contributed by atoms with Crippen molar-refractivity contribution < 1.29 is 17.6 Å².